The number of ether oxygens (including phenoxy) is 2. The number of rotatable bonds is 17. The van der Waals surface area contributed by atoms with Crippen molar-refractivity contribution in [2.24, 2.45) is 0 Å². The first kappa shape index (κ1) is 23.8. The van der Waals surface area contributed by atoms with E-state index in [4.69, 9.17) is 9.47 Å². The maximum atomic E-state index is 10.8. The normalized spacial score (nSPS) is 14.7. The third-order valence-electron chi connectivity index (χ3n) is 4.18. The quantitative estimate of drug-likeness (QED) is 0.224. The maximum Gasteiger partial charge on any atom is 0.102 e. The average molecular weight is 368 g/mol. The molecular formula is C17H37NO5S. The van der Waals surface area contributed by atoms with Crippen LogP contribution >= 0.6 is 0 Å². The van der Waals surface area contributed by atoms with E-state index in [1.807, 2.05) is 0 Å². The van der Waals surface area contributed by atoms with E-state index in [0.29, 0.717) is 32.8 Å². The van der Waals surface area contributed by atoms with Gasteiger partial charge in [-0.2, -0.15) is 0 Å². The highest BCUT2D eigenvalue weighted by molar-refractivity contribution is 7.85. The minimum atomic E-state index is -4.12. The molecule has 6 nitrogen and oxygen atoms in total. The van der Waals surface area contributed by atoms with Crippen molar-refractivity contribution in [3.8, 4) is 0 Å². The highest BCUT2D eigenvalue weighted by Crippen LogP contribution is 2.09. The molecule has 0 saturated carbocycles. The van der Waals surface area contributed by atoms with Crippen LogP contribution in [0, 0.1) is 0 Å². The zero-order chi connectivity index (χ0) is 18.3. The Balaban J connectivity index is 4.05. The molecule has 0 radical (unpaired) electrons. The van der Waals surface area contributed by atoms with Gasteiger partial charge in [-0.05, 0) is 19.3 Å². The van der Waals surface area contributed by atoms with Gasteiger partial charge in [0.05, 0.1) is 50.1 Å². The van der Waals surface area contributed by atoms with E-state index >= 15 is 0 Å². The summed E-state index contributed by atoms with van der Waals surface area (Å²) in [6, 6.07) is 0. The molecule has 0 saturated heterocycles. The van der Waals surface area contributed by atoms with Gasteiger partial charge >= 0.3 is 0 Å². The van der Waals surface area contributed by atoms with E-state index in [0.717, 1.165) is 49.9 Å². The molecular weight excluding hydrogens is 330 g/mol. The van der Waals surface area contributed by atoms with Crippen LogP contribution in [0.25, 0.3) is 0 Å². The van der Waals surface area contributed by atoms with Gasteiger partial charge in [0.25, 0.3) is 0 Å². The number of nitrogens with zero attached hydrogens (tertiary/aromatic N) is 1. The van der Waals surface area contributed by atoms with E-state index in [1.54, 1.807) is 0 Å². The van der Waals surface area contributed by atoms with Gasteiger partial charge in [-0.15, -0.1) is 0 Å². The molecule has 146 valence electrons. The highest BCUT2D eigenvalue weighted by Gasteiger charge is 2.21. The van der Waals surface area contributed by atoms with Crippen LogP contribution < -0.4 is 0 Å². The van der Waals surface area contributed by atoms with Crippen LogP contribution in [-0.2, 0) is 19.6 Å². The van der Waals surface area contributed by atoms with Gasteiger partial charge in [0.2, 0.25) is 0 Å². The first-order valence-corrected chi connectivity index (χ1v) is 10.8. The zero-order valence-corrected chi connectivity index (χ0v) is 16.6. The number of hydrogen-bond donors (Lipinski definition) is 0. The third-order valence-corrected chi connectivity index (χ3v) is 4.97. The molecule has 0 heterocycles. The monoisotopic (exact) mass is 367 g/mol. The fraction of sp³-hybridized carbons (Fsp3) is 1.00. The molecule has 0 aliphatic carbocycles. The van der Waals surface area contributed by atoms with Crippen molar-refractivity contribution < 1.29 is 26.9 Å². The first-order chi connectivity index (χ1) is 11.3. The minimum Gasteiger partial charge on any atom is -0.748 e. The van der Waals surface area contributed by atoms with Gasteiger partial charge in [0, 0.05) is 18.8 Å². The second kappa shape index (κ2) is 14.0. The van der Waals surface area contributed by atoms with Crippen molar-refractivity contribution in [2.75, 3.05) is 58.9 Å². The largest absolute Gasteiger partial charge is 0.748 e. The van der Waals surface area contributed by atoms with E-state index < -0.39 is 10.1 Å². The summed E-state index contributed by atoms with van der Waals surface area (Å²) in [5, 5.41) is 0. The number of likely N-dealkylation sites (N-methyl/N-ethyl adjacent to an activating group) is 1. The molecule has 1 unspecified atom stereocenters. The van der Waals surface area contributed by atoms with Crippen molar-refractivity contribution in [3.63, 3.8) is 0 Å². The topological polar surface area (TPSA) is 75.7 Å². The van der Waals surface area contributed by atoms with Gasteiger partial charge in [-0.3, -0.25) is 0 Å². The lowest BCUT2D eigenvalue weighted by Crippen LogP contribution is -2.48. The Morgan fingerprint density at radius 3 is 1.96 bits per heavy atom. The predicted octanol–water partition coefficient (Wildman–Crippen LogP) is 2.39. The number of quaternary nitrogens is 1. The second-order valence-electron chi connectivity index (χ2n) is 6.69. The van der Waals surface area contributed by atoms with Gasteiger partial charge in [-0.25, -0.2) is 8.42 Å². The molecule has 24 heavy (non-hydrogen) atoms. The Hall–Kier alpha value is -0.210. The Morgan fingerprint density at radius 2 is 1.38 bits per heavy atom. The first-order valence-electron chi connectivity index (χ1n) is 9.25. The Bertz CT molecular complexity index is 388. The van der Waals surface area contributed by atoms with E-state index in [-0.39, 0.29) is 5.75 Å². The molecule has 7 heteroatoms. The Morgan fingerprint density at radius 1 is 0.792 bits per heavy atom. The van der Waals surface area contributed by atoms with Crippen molar-refractivity contribution in [1.82, 2.24) is 0 Å². The lowest BCUT2D eigenvalue weighted by Gasteiger charge is -2.35. The van der Waals surface area contributed by atoms with Crippen molar-refractivity contribution in [2.45, 2.75) is 52.4 Å². The lowest BCUT2D eigenvalue weighted by molar-refractivity contribution is -0.910. The molecule has 0 aromatic heterocycles. The lowest BCUT2D eigenvalue weighted by atomic mass is 10.2. The van der Waals surface area contributed by atoms with Crippen LogP contribution in [0.1, 0.15) is 52.4 Å². The average Bonchev–Trinajstić information content (AvgIpc) is 2.49. The van der Waals surface area contributed by atoms with Crippen LogP contribution in [0.5, 0.6) is 0 Å². The standard InChI is InChI=1S/C17H37NO5S/c1-4-6-8-10-18(3,11-9-17-24(19,20)21)12-14-23-16-15-22-13-7-5-2/h4-17H2,1-3H3. The summed E-state index contributed by atoms with van der Waals surface area (Å²) in [6.07, 6.45) is 6.05. The van der Waals surface area contributed by atoms with Crippen LogP contribution in [0.15, 0.2) is 0 Å². The highest BCUT2D eigenvalue weighted by atomic mass is 32.2. The van der Waals surface area contributed by atoms with Crippen LogP contribution in [0.3, 0.4) is 0 Å². The fourth-order valence-electron chi connectivity index (χ4n) is 2.56. The van der Waals surface area contributed by atoms with E-state index in [9.17, 15) is 13.0 Å². The summed E-state index contributed by atoms with van der Waals surface area (Å²) >= 11 is 0. The summed E-state index contributed by atoms with van der Waals surface area (Å²) in [5.41, 5.74) is 0. The molecule has 0 amide bonds. The van der Waals surface area contributed by atoms with Crippen LogP contribution in [0.2, 0.25) is 0 Å². The molecule has 0 rings (SSSR count). The Labute approximate surface area is 148 Å². The molecule has 0 aliphatic heterocycles. The summed E-state index contributed by atoms with van der Waals surface area (Å²) in [5.74, 6) is -0.277. The SMILES string of the molecule is CCCCC[N+](C)(CCCS(=O)(=O)[O-])CCOCCOCCCC. The van der Waals surface area contributed by atoms with Gasteiger partial charge in [0.15, 0.2) is 0 Å². The fourth-order valence-corrected chi connectivity index (χ4v) is 3.04. The molecule has 1 atom stereocenters. The molecule has 0 aromatic carbocycles. The summed E-state index contributed by atoms with van der Waals surface area (Å²) < 4.78 is 44.2. The molecule has 0 spiro atoms. The van der Waals surface area contributed by atoms with Gasteiger partial charge in [-0.1, -0.05) is 26.7 Å². The van der Waals surface area contributed by atoms with E-state index in [2.05, 4.69) is 20.9 Å². The predicted molar refractivity (Wildman–Crippen MR) is 96.0 cm³/mol. The summed E-state index contributed by atoms with van der Waals surface area (Å²) in [6.45, 7) is 9.44. The molecule has 0 N–H and O–H groups in total. The van der Waals surface area contributed by atoms with Crippen molar-refractivity contribution >= 4 is 10.1 Å². The smallest absolute Gasteiger partial charge is 0.102 e. The third kappa shape index (κ3) is 15.3. The van der Waals surface area contributed by atoms with Crippen LogP contribution in [0.4, 0.5) is 0 Å². The Kier molecular flexibility index (Phi) is 13.9. The maximum absolute atomic E-state index is 10.8. The van der Waals surface area contributed by atoms with E-state index in [1.165, 1.54) is 6.42 Å². The molecule has 0 aromatic rings. The molecule has 0 aliphatic rings. The molecule has 0 bridgehead atoms. The summed E-state index contributed by atoms with van der Waals surface area (Å²) in [4.78, 5) is 0. The molecule has 0 fully saturated rings. The summed E-state index contributed by atoms with van der Waals surface area (Å²) in [7, 11) is -2.00. The van der Waals surface area contributed by atoms with Gasteiger partial charge in [0.1, 0.15) is 6.54 Å². The van der Waals surface area contributed by atoms with Crippen LogP contribution in [-0.4, -0.2) is 76.3 Å². The number of unbranched alkanes of at least 4 members (excludes halogenated alkanes) is 3. The zero-order valence-electron chi connectivity index (χ0n) is 15.8. The number of hydrogen-bond acceptors (Lipinski definition) is 5. The van der Waals surface area contributed by atoms with Crippen molar-refractivity contribution in [3.05, 3.63) is 0 Å². The second-order valence-corrected chi connectivity index (χ2v) is 8.21. The van der Waals surface area contributed by atoms with Crippen molar-refractivity contribution in [1.29, 1.82) is 0 Å². The van der Waals surface area contributed by atoms with Gasteiger partial charge < -0.3 is 18.5 Å². The minimum absolute atomic E-state index is 0.277.